The predicted octanol–water partition coefficient (Wildman–Crippen LogP) is 2.40. The summed E-state index contributed by atoms with van der Waals surface area (Å²) in [5.41, 5.74) is 7.67. The standard InChI is InChI=1S/C14H18N4O2S/c1-9-8-21-14(17-9)18-13(15)16-7-10-11(19-2)5-4-6-12(10)20-3/h4-6,8H,7H2,1-3H3,(H3,15,16,17,18). The summed E-state index contributed by atoms with van der Waals surface area (Å²) < 4.78 is 10.6. The van der Waals surface area contributed by atoms with Crippen LogP contribution in [-0.2, 0) is 6.54 Å². The monoisotopic (exact) mass is 306 g/mol. The van der Waals surface area contributed by atoms with Crippen LogP contribution in [0.5, 0.6) is 11.5 Å². The Labute approximate surface area is 127 Å². The second kappa shape index (κ2) is 6.94. The number of ether oxygens (including phenoxy) is 2. The molecule has 2 rings (SSSR count). The van der Waals surface area contributed by atoms with Gasteiger partial charge in [-0.05, 0) is 19.1 Å². The van der Waals surface area contributed by atoms with Gasteiger partial charge in [-0.2, -0.15) is 0 Å². The third-order valence-corrected chi connectivity index (χ3v) is 3.67. The van der Waals surface area contributed by atoms with E-state index in [0.717, 1.165) is 27.9 Å². The number of benzene rings is 1. The average Bonchev–Trinajstić information content (AvgIpc) is 2.89. The Kier molecular flexibility index (Phi) is 4.99. The molecule has 0 amide bonds. The molecule has 0 radical (unpaired) electrons. The van der Waals surface area contributed by atoms with Crippen LogP contribution in [0.15, 0.2) is 28.6 Å². The fraction of sp³-hybridized carbons (Fsp3) is 0.286. The topological polar surface area (TPSA) is 81.8 Å². The van der Waals surface area contributed by atoms with Crippen molar-refractivity contribution in [3.05, 3.63) is 34.8 Å². The molecule has 0 aliphatic heterocycles. The maximum Gasteiger partial charge on any atom is 0.195 e. The minimum Gasteiger partial charge on any atom is -0.496 e. The second-order valence-corrected chi connectivity index (χ2v) is 5.12. The Morgan fingerprint density at radius 1 is 1.33 bits per heavy atom. The summed E-state index contributed by atoms with van der Waals surface area (Å²) in [6.45, 7) is 2.28. The summed E-state index contributed by atoms with van der Waals surface area (Å²) in [4.78, 5) is 8.58. The number of aryl methyl sites for hydroxylation is 1. The molecule has 2 aromatic rings. The summed E-state index contributed by atoms with van der Waals surface area (Å²) in [7, 11) is 3.23. The molecule has 0 spiro atoms. The summed E-state index contributed by atoms with van der Waals surface area (Å²) in [5.74, 6) is 1.74. The van der Waals surface area contributed by atoms with Crippen molar-refractivity contribution in [3.63, 3.8) is 0 Å². The van der Waals surface area contributed by atoms with E-state index in [1.54, 1.807) is 14.2 Å². The fourth-order valence-electron chi connectivity index (χ4n) is 1.81. The Hall–Kier alpha value is -2.28. The van der Waals surface area contributed by atoms with Gasteiger partial charge in [0.25, 0.3) is 0 Å². The molecule has 1 heterocycles. The highest BCUT2D eigenvalue weighted by Crippen LogP contribution is 2.28. The van der Waals surface area contributed by atoms with Crippen LogP contribution in [0.3, 0.4) is 0 Å². The van der Waals surface area contributed by atoms with Gasteiger partial charge in [0, 0.05) is 5.38 Å². The number of nitrogens with two attached hydrogens (primary N) is 1. The molecule has 7 heteroatoms. The van der Waals surface area contributed by atoms with Gasteiger partial charge in [-0.1, -0.05) is 6.07 Å². The van der Waals surface area contributed by atoms with Gasteiger partial charge >= 0.3 is 0 Å². The Morgan fingerprint density at radius 3 is 2.52 bits per heavy atom. The molecule has 0 fully saturated rings. The largest absolute Gasteiger partial charge is 0.496 e. The number of anilines is 1. The third kappa shape index (κ3) is 3.85. The lowest BCUT2D eigenvalue weighted by Gasteiger charge is -2.11. The van der Waals surface area contributed by atoms with E-state index in [1.165, 1.54) is 11.3 Å². The lowest BCUT2D eigenvalue weighted by atomic mass is 10.2. The first kappa shape index (κ1) is 15.1. The zero-order valence-corrected chi connectivity index (χ0v) is 13.0. The van der Waals surface area contributed by atoms with Crippen LogP contribution in [0, 0.1) is 6.92 Å². The van der Waals surface area contributed by atoms with Crippen molar-refractivity contribution in [2.45, 2.75) is 13.5 Å². The highest BCUT2D eigenvalue weighted by atomic mass is 32.1. The van der Waals surface area contributed by atoms with Gasteiger partial charge < -0.3 is 20.5 Å². The van der Waals surface area contributed by atoms with Gasteiger partial charge in [-0.15, -0.1) is 11.3 Å². The maximum atomic E-state index is 5.87. The minimum absolute atomic E-state index is 0.303. The maximum absolute atomic E-state index is 5.87. The Balaban J connectivity index is 2.12. The quantitative estimate of drug-likeness (QED) is 0.655. The molecule has 1 aromatic carbocycles. The van der Waals surface area contributed by atoms with Crippen molar-refractivity contribution >= 4 is 22.4 Å². The Morgan fingerprint density at radius 2 is 2.00 bits per heavy atom. The summed E-state index contributed by atoms with van der Waals surface area (Å²) in [6.07, 6.45) is 0. The van der Waals surface area contributed by atoms with E-state index in [2.05, 4.69) is 15.3 Å². The number of hydrogen-bond acceptors (Lipinski definition) is 5. The zero-order valence-electron chi connectivity index (χ0n) is 12.2. The molecule has 112 valence electrons. The second-order valence-electron chi connectivity index (χ2n) is 4.26. The van der Waals surface area contributed by atoms with Gasteiger partial charge in [0.1, 0.15) is 11.5 Å². The predicted molar refractivity (Wildman–Crippen MR) is 85.3 cm³/mol. The molecule has 1 aromatic heterocycles. The number of aromatic nitrogens is 1. The van der Waals surface area contributed by atoms with Crippen molar-refractivity contribution in [2.75, 3.05) is 19.5 Å². The number of guanidine groups is 1. The van der Waals surface area contributed by atoms with Gasteiger partial charge in [0.05, 0.1) is 32.0 Å². The number of nitrogens with zero attached hydrogens (tertiary/aromatic N) is 2. The van der Waals surface area contributed by atoms with Crippen LogP contribution in [0.1, 0.15) is 11.3 Å². The van der Waals surface area contributed by atoms with E-state index < -0.39 is 0 Å². The molecular formula is C14H18N4O2S. The SMILES string of the molecule is COc1cccc(OC)c1CN=C(N)Nc1nc(C)cs1. The van der Waals surface area contributed by atoms with E-state index in [0.29, 0.717) is 12.5 Å². The molecule has 0 saturated heterocycles. The molecule has 21 heavy (non-hydrogen) atoms. The van der Waals surface area contributed by atoms with E-state index in [4.69, 9.17) is 15.2 Å². The highest BCUT2D eigenvalue weighted by molar-refractivity contribution is 7.13. The average molecular weight is 306 g/mol. The van der Waals surface area contributed by atoms with E-state index in [1.807, 2.05) is 30.5 Å². The van der Waals surface area contributed by atoms with Crippen molar-refractivity contribution in [1.29, 1.82) is 0 Å². The molecule has 0 saturated carbocycles. The molecule has 0 bridgehead atoms. The summed E-state index contributed by atoms with van der Waals surface area (Å²) in [6, 6.07) is 5.59. The van der Waals surface area contributed by atoms with Gasteiger partial charge in [0.15, 0.2) is 11.1 Å². The number of methoxy groups -OCH3 is 2. The summed E-state index contributed by atoms with van der Waals surface area (Å²) in [5, 5.41) is 5.63. The number of hydrogen-bond donors (Lipinski definition) is 2. The molecular weight excluding hydrogens is 288 g/mol. The van der Waals surface area contributed by atoms with E-state index in [-0.39, 0.29) is 0 Å². The Bertz CT molecular complexity index is 617. The van der Waals surface area contributed by atoms with Crippen molar-refractivity contribution in [3.8, 4) is 11.5 Å². The van der Waals surface area contributed by atoms with Crippen LogP contribution in [0.2, 0.25) is 0 Å². The first-order chi connectivity index (χ1) is 10.1. The normalized spacial score (nSPS) is 11.3. The number of aliphatic imine (C=N–C) groups is 1. The van der Waals surface area contributed by atoms with Gasteiger partial charge in [0.2, 0.25) is 0 Å². The number of nitrogens with one attached hydrogen (secondary N) is 1. The molecule has 0 unspecified atom stereocenters. The number of thiazole rings is 1. The zero-order chi connectivity index (χ0) is 15.2. The van der Waals surface area contributed by atoms with Gasteiger partial charge in [-0.25, -0.2) is 9.98 Å². The molecule has 0 aliphatic rings. The highest BCUT2D eigenvalue weighted by Gasteiger charge is 2.09. The van der Waals surface area contributed by atoms with Crippen LogP contribution >= 0.6 is 11.3 Å². The van der Waals surface area contributed by atoms with E-state index in [9.17, 15) is 0 Å². The van der Waals surface area contributed by atoms with Crippen molar-refractivity contribution in [1.82, 2.24) is 4.98 Å². The molecule has 0 atom stereocenters. The van der Waals surface area contributed by atoms with Crippen molar-refractivity contribution < 1.29 is 9.47 Å². The lowest BCUT2D eigenvalue weighted by Crippen LogP contribution is -2.22. The van der Waals surface area contributed by atoms with Crippen LogP contribution in [-0.4, -0.2) is 25.2 Å². The van der Waals surface area contributed by atoms with Gasteiger partial charge in [-0.3, -0.25) is 0 Å². The summed E-state index contributed by atoms with van der Waals surface area (Å²) >= 11 is 1.48. The molecule has 6 nitrogen and oxygen atoms in total. The first-order valence-corrected chi connectivity index (χ1v) is 7.21. The third-order valence-electron chi connectivity index (χ3n) is 2.79. The molecule has 3 N–H and O–H groups in total. The first-order valence-electron chi connectivity index (χ1n) is 6.33. The minimum atomic E-state index is 0.303. The number of rotatable bonds is 5. The van der Waals surface area contributed by atoms with Crippen LogP contribution < -0.4 is 20.5 Å². The van der Waals surface area contributed by atoms with Crippen LogP contribution in [0.25, 0.3) is 0 Å². The lowest BCUT2D eigenvalue weighted by molar-refractivity contribution is 0.385. The fourth-order valence-corrected chi connectivity index (χ4v) is 2.50. The van der Waals surface area contributed by atoms with Crippen LogP contribution in [0.4, 0.5) is 5.13 Å². The van der Waals surface area contributed by atoms with Crippen molar-refractivity contribution in [2.24, 2.45) is 10.7 Å². The smallest absolute Gasteiger partial charge is 0.195 e. The molecule has 0 aliphatic carbocycles. The van der Waals surface area contributed by atoms with E-state index >= 15 is 0 Å².